The summed E-state index contributed by atoms with van der Waals surface area (Å²) in [6.45, 7) is 5.91. The topological polar surface area (TPSA) is 50.6 Å². The molecule has 0 spiro atoms. The maximum atomic E-state index is 5.29. The summed E-state index contributed by atoms with van der Waals surface area (Å²) < 4.78 is 4.82. The van der Waals surface area contributed by atoms with Crippen LogP contribution in [0.5, 0.6) is 0 Å². The zero-order valence-electron chi connectivity index (χ0n) is 14.4. The standard InChI is InChI=1S/C19H21N5S/c1-3-18-21-22-19(25)24(18)20-12-13-9-10-17-15(11-13)14-7-5-6-8-16(14)23(17)4-2/h5-11,20H,3-4,12H2,1-2H3,(H,22,25). The van der Waals surface area contributed by atoms with E-state index in [1.807, 2.05) is 4.68 Å². The highest BCUT2D eigenvalue weighted by atomic mass is 32.1. The third-order valence-corrected chi connectivity index (χ3v) is 4.93. The second kappa shape index (κ2) is 6.37. The summed E-state index contributed by atoms with van der Waals surface area (Å²) >= 11 is 5.29. The smallest absolute Gasteiger partial charge is 0.214 e. The summed E-state index contributed by atoms with van der Waals surface area (Å²) in [5.74, 6) is 0.911. The molecule has 128 valence electrons. The lowest BCUT2D eigenvalue weighted by molar-refractivity contribution is 0.763. The van der Waals surface area contributed by atoms with Crippen LogP contribution in [-0.2, 0) is 19.5 Å². The number of aromatic nitrogens is 4. The van der Waals surface area contributed by atoms with Crippen LogP contribution >= 0.6 is 12.2 Å². The van der Waals surface area contributed by atoms with Crippen LogP contribution in [-0.4, -0.2) is 19.4 Å². The number of aryl methyl sites for hydroxylation is 2. The molecule has 0 amide bonds. The zero-order chi connectivity index (χ0) is 17.4. The Morgan fingerprint density at radius 1 is 1.08 bits per heavy atom. The number of fused-ring (bicyclic) bond motifs is 3. The van der Waals surface area contributed by atoms with Gasteiger partial charge in [-0.05, 0) is 42.9 Å². The number of aromatic amines is 1. The van der Waals surface area contributed by atoms with Crippen molar-refractivity contribution in [3.05, 3.63) is 58.6 Å². The maximum absolute atomic E-state index is 5.29. The van der Waals surface area contributed by atoms with Crippen molar-refractivity contribution in [1.29, 1.82) is 0 Å². The molecule has 0 bridgehead atoms. The van der Waals surface area contributed by atoms with E-state index in [1.165, 1.54) is 27.4 Å². The molecule has 4 aromatic rings. The van der Waals surface area contributed by atoms with Crippen LogP contribution in [0.15, 0.2) is 42.5 Å². The van der Waals surface area contributed by atoms with Crippen molar-refractivity contribution in [2.24, 2.45) is 0 Å². The number of para-hydroxylation sites is 1. The molecule has 0 unspecified atom stereocenters. The Morgan fingerprint density at radius 2 is 1.88 bits per heavy atom. The second-order valence-electron chi connectivity index (χ2n) is 6.08. The second-order valence-corrected chi connectivity index (χ2v) is 6.47. The summed E-state index contributed by atoms with van der Waals surface area (Å²) in [6.07, 6.45) is 0.823. The lowest BCUT2D eigenvalue weighted by Gasteiger charge is -2.10. The van der Waals surface area contributed by atoms with Gasteiger partial charge in [-0.1, -0.05) is 31.2 Å². The number of rotatable bonds is 5. The Balaban J connectivity index is 1.73. The summed E-state index contributed by atoms with van der Waals surface area (Å²) in [5, 5.41) is 9.67. The Hall–Kier alpha value is -2.60. The monoisotopic (exact) mass is 351 g/mol. The van der Waals surface area contributed by atoms with E-state index in [-0.39, 0.29) is 0 Å². The average molecular weight is 351 g/mol. The Bertz CT molecular complexity index is 1100. The third kappa shape index (κ3) is 2.62. The fraction of sp³-hybridized carbons (Fsp3) is 0.263. The number of benzene rings is 2. The first-order valence-corrected chi connectivity index (χ1v) is 9.03. The van der Waals surface area contributed by atoms with Gasteiger partial charge in [0.25, 0.3) is 0 Å². The van der Waals surface area contributed by atoms with Gasteiger partial charge in [-0.3, -0.25) is 5.10 Å². The lowest BCUT2D eigenvalue weighted by Crippen LogP contribution is -2.17. The molecule has 2 N–H and O–H groups in total. The fourth-order valence-electron chi connectivity index (χ4n) is 3.45. The quantitative estimate of drug-likeness (QED) is 0.525. The highest BCUT2D eigenvalue weighted by Crippen LogP contribution is 2.29. The van der Waals surface area contributed by atoms with Gasteiger partial charge in [-0.2, -0.15) is 5.10 Å². The SMILES string of the molecule is CCc1n[nH]c(=S)n1NCc1ccc2c(c1)c1ccccc1n2CC. The van der Waals surface area contributed by atoms with Gasteiger partial charge in [0.1, 0.15) is 0 Å². The van der Waals surface area contributed by atoms with Crippen molar-refractivity contribution in [2.75, 3.05) is 5.43 Å². The van der Waals surface area contributed by atoms with Crippen LogP contribution in [0.3, 0.4) is 0 Å². The van der Waals surface area contributed by atoms with Gasteiger partial charge in [0.05, 0.1) is 6.54 Å². The van der Waals surface area contributed by atoms with Crippen molar-refractivity contribution < 1.29 is 0 Å². The molecule has 0 radical (unpaired) electrons. The van der Waals surface area contributed by atoms with Gasteiger partial charge in [0.15, 0.2) is 5.82 Å². The molecule has 0 atom stereocenters. The molecule has 25 heavy (non-hydrogen) atoms. The van der Waals surface area contributed by atoms with E-state index in [9.17, 15) is 0 Å². The fourth-order valence-corrected chi connectivity index (χ4v) is 3.67. The van der Waals surface area contributed by atoms with E-state index >= 15 is 0 Å². The molecule has 2 heterocycles. The first-order chi connectivity index (χ1) is 12.2. The minimum atomic E-state index is 0.598. The molecule has 2 aromatic carbocycles. The molecule has 0 aliphatic carbocycles. The summed E-state index contributed by atoms with van der Waals surface area (Å²) in [4.78, 5) is 0. The molecule has 0 aliphatic rings. The van der Waals surface area contributed by atoms with Crippen molar-refractivity contribution >= 4 is 34.0 Å². The molecular formula is C19H21N5S. The van der Waals surface area contributed by atoms with Crippen LogP contribution in [0.2, 0.25) is 0 Å². The molecule has 0 fully saturated rings. The lowest BCUT2D eigenvalue weighted by atomic mass is 10.1. The normalized spacial score (nSPS) is 11.4. The molecule has 6 heteroatoms. The number of hydrogen-bond acceptors (Lipinski definition) is 3. The van der Waals surface area contributed by atoms with Crippen LogP contribution < -0.4 is 5.43 Å². The molecule has 0 saturated heterocycles. The van der Waals surface area contributed by atoms with Crippen LogP contribution in [0.4, 0.5) is 0 Å². The van der Waals surface area contributed by atoms with E-state index in [4.69, 9.17) is 12.2 Å². The summed E-state index contributed by atoms with van der Waals surface area (Å²) in [5.41, 5.74) is 7.16. The minimum Gasteiger partial charge on any atom is -0.341 e. The average Bonchev–Trinajstić information content (AvgIpc) is 3.16. The number of H-pyrrole nitrogens is 1. The van der Waals surface area contributed by atoms with E-state index in [0.717, 1.165) is 18.8 Å². The molecule has 0 saturated carbocycles. The molecule has 4 rings (SSSR count). The number of nitrogens with one attached hydrogen (secondary N) is 2. The van der Waals surface area contributed by atoms with Gasteiger partial charge in [-0.15, -0.1) is 0 Å². The van der Waals surface area contributed by atoms with Crippen molar-refractivity contribution in [3.63, 3.8) is 0 Å². The Morgan fingerprint density at radius 3 is 2.68 bits per heavy atom. The molecule has 2 aromatic heterocycles. The first kappa shape index (κ1) is 15.9. The number of hydrogen-bond donors (Lipinski definition) is 2. The van der Waals surface area contributed by atoms with Crippen LogP contribution in [0.1, 0.15) is 25.2 Å². The summed E-state index contributed by atoms with van der Waals surface area (Å²) in [7, 11) is 0. The molecular weight excluding hydrogens is 330 g/mol. The highest BCUT2D eigenvalue weighted by Gasteiger charge is 2.10. The molecule has 5 nitrogen and oxygen atoms in total. The van der Waals surface area contributed by atoms with Crippen molar-refractivity contribution in [3.8, 4) is 0 Å². The van der Waals surface area contributed by atoms with Crippen LogP contribution in [0.25, 0.3) is 21.8 Å². The van der Waals surface area contributed by atoms with Gasteiger partial charge in [0.2, 0.25) is 4.77 Å². The Kier molecular flexibility index (Phi) is 4.05. The molecule has 0 aliphatic heterocycles. The predicted octanol–water partition coefficient (Wildman–Crippen LogP) is 4.37. The highest BCUT2D eigenvalue weighted by molar-refractivity contribution is 7.71. The third-order valence-electron chi connectivity index (χ3n) is 4.65. The van der Waals surface area contributed by atoms with E-state index in [2.05, 4.69) is 76.5 Å². The van der Waals surface area contributed by atoms with Gasteiger partial charge in [-0.25, -0.2) is 4.68 Å². The van der Waals surface area contributed by atoms with Gasteiger partial charge in [0, 0.05) is 34.8 Å². The first-order valence-electron chi connectivity index (χ1n) is 8.63. The van der Waals surface area contributed by atoms with Gasteiger partial charge >= 0.3 is 0 Å². The zero-order valence-corrected chi connectivity index (χ0v) is 15.2. The van der Waals surface area contributed by atoms with E-state index < -0.39 is 0 Å². The van der Waals surface area contributed by atoms with E-state index in [0.29, 0.717) is 11.3 Å². The van der Waals surface area contributed by atoms with E-state index in [1.54, 1.807) is 0 Å². The minimum absolute atomic E-state index is 0.598. The Labute approximate surface area is 151 Å². The van der Waals surface area contributed by atoms with Crippen molar-refractivity contribution in [1.82, 2.24) is 19.4 Å². The maximum Gasteiger partial charge on any atom is 0.214 e. The van der Waals surface area contributed by atoms with Gasteiger partial charge < -0.3 is 9.99 Å². The summed E-state index contributed by atoms with van der Waals surface area (Å²) in [6, 6.07) is 15.2. The van der Waals surface area contributed by atoms with Crippen LogP contribution in [0, 0.1) is 4.77 Å². The number of nitrogens with zero attached hydrogens (tertiary/aromatic N) is 3. The predicted molar refractivity (Wildman–Crippen MR) is 105 cm³/mol. The largest absolute Gasteiger partial charge is 0.341 e. The van der Waals surface area contributed by atoms with Crippen molar-refractivity contribution in [2.45, 2.75) is 33.4 Å².